The normalized spacial score (nSPS) is 11.9. The molecule has 2 heterocycles. The maximum Gasteiger partial charge on any atom is 0.0433 e. The Bertz CT molecular complexity index is 3370. The van der Waals surface area contributed by atoms with Crippen molar-refractivity contribution >= 4 is 63.0 Å². The van der Waals surface area contributed by atoms with Gasteiger partial charge in [0.05, 0.1) is 0 Å². The first-order chi connectivity index (χ1) is 27.7. The molecule has 1 aliphatic carbocycles. The zero-order valence-corrected chi connectivity index (χ0v) is 31.9. The van der Waals surface area contributed by atoms with E-state index in [1.165, 1.54) is 118 Å². The van der Waals surface area contributed by atoms with Gasteiger partial charge in [-0.15, -0.1) is 22.7 Å². The summed E-state index contributed by atoms with van der Waals surface area (Å²) < 4.78 is 5.31. The third kappa shape index (κ3) is 4.90. The lowest BCUT2D eigenvalue weighted by molar-refractivity contribution is 1.51. The van der Waals surface area contributed by atoms with E-state index in [1.807, 2.05) is 22.7 Å². The Morgan fingerprint density at radius 3 is 1.29 bits per heavy atom. The molecule has 12 rings (SSSR count). The van der Waals surface area contributed by atoms with Crippen LogP contribution in [0.25, 0.3) is 118 Å². The van der Waals surface area contributed by atoms with E-state index in [1.54, 1.807) is 0 Å². The van der Waals surface area contributed by atoms with E-state index in [-0.39, 0.29) is 0 Å². The first-order valence-electron chi connectivity index (χ1n) is 19.2. The fourth-order valence-corrected chi connectivity index (χ4v) is 11.4. The van der Waals surface area contributed by atoms with Crippen molar-refractivity contribution in [3.63, 3.8) is 0 Å². The van der Waals surface area contributed by atoms with Crippen molar-refractivity contribution in [2.45, 2.75) is 0 Å². The lowest BCUT2D eigenvalue weighted by atomic mass is 9.80. The Labute approximate surface area is 333 Å². The zero-order valence-electron chi connectivity index (χ0n) is 30.3. The summed E-state index contributed by atoms with van der Waals surface area (Å²) >= 11 is 3.77. The SMILES string of the molecule is c1ccc2c(c1)-c1ccccc1-c1ccc(-c3cc(-c4ccc5sc6ccccc6c5c4)cc(-c4cccc5c4sc4ccccc45)c3)cc1-c1ccccc1-2. The van der Waals surface area contributed by atoms with Gasteiger partial charge in [-0.1, -0.05) is 146 Å². The van der Waals surface area contributed by atoms with Crippen LogP contribution < -0.4 is 0 Å². The molecule has 0 atom stereocenters. The molecule has 0 N–H and O–H groups in total. The van der Waals surface area contributed by atoms with Crippen LogP contribution in [0.5, 0.6) is 0 Å². The van der Waals surface area contributed by atoms with Gasteiger partial charge in [0.15, 0.2) is 0 Å². The highest BCUT2D eigenvalue weighted by Gasteiger charge is 2.22. The van der Waals surface area contributed by atoms with Crippen molar-refractivity contribution in [3.8, 4) is 77.9 Å². The van der Waals surface area contributed by atoms with Crippen LogP contribution in [-0.4, -0.2) is 0 Å². The molecule has 0 saturated heterocycles. The average Bonchev–Trinajstić information content (AvgIpc) is 3.84. The minimum Gasteiger partial charge on any atom is -0.135 e. The van der Waals surface area contributed by atoms with E-state index in [4.69, 9.17) is 0 Å². The second kappa shape index (κ2) is 12.5. The molecule has 0 aliphatic heterocycles. The molecule has 0 bridgehead atoms. The first-order valence-corrected chi connectivity index (χ1v) is 20.8. The van der Waals surface area contributed by atoms with Crippen molar-refractivity contribution in [2.24, 2.45) is 0 Å². The minimum atomic E-state index is 1.21. The van der Waals surface area contributed by atoms with Gasteiger partial charge in [-0.05, 0) is 126 Å². The summed E-state index contributed by atoms with van der Waals surface area (Å²) in [6.45, 7) is 0. The van der Waals surface area contributed by atoms with Crippen LogP contribution >= 0.6 is 22.7 Å². The maximum absolute atomic E-state index is 2.44. The van der Waals surface area contributed by atoms with Gasteiger partial charge in [-0.2, -0.15) is 0 Å². The highest BCUT2D eigenvalue weighted by atomic mass is 32.1. The van der Waals surface area contributed by atoms with Crippen molar-refractivity contribution < 1.29 is 0 Å². The molecule has 0 amide bonds. The number of hydrogen-bond donors (Lipinski definition) is 0. The monoisotopic (exact) mass is 744 g/mol. The third-order valence-electron chi connectivity index (χ3n) is 11.7. The topological polar surface area (TPSA) is 0 Å². The summed E-state index contributed by atoms with van der Waals surface area (Å²) in [4.78, 5) is 0. The van der Waals surface area contributed by atoms with Gasteiger partial charge in [0, 0.05) is 40.3 Å². The largest absolute Gasteiger partial charge is 0.135 e. The molecule has 11 aromatic rings. The number of fused-ring (bicyclic) bond motifs is 14. The average molecular weight is 745 g/mol. The maximum atomic E-state index is 2.44. The Balaban J connectivity index is 1.12. The van der Waals surface area contributed by atoms with Crippen LogP contribution in [0.4, 0.5) is 0 Å². The number of hydrogen-bond acceptors (Lipinski definition) is 2. The third-order valence-corrected chi connectivity index (χ3v) is 14.0. The molecule has 9 aromatic carbocycles. The molecule has 1 aliphatic rings. The van der Waals surface area contributed by atoms with E-state index in [9.17, 15) is 0 Å². The summed E-state index contributed by atoms with van der Waals surface area (Å²) in [5.41, 5.74) is 17.5. The molecular formula is C54H32S2. The highest BCUT2D eigenvalue weighted by Crippen LogP contribution is 2.49. The van der Waals surface area contributed by atoms with E-state index in [0.717, 1.165) is 0 Å². The Morgan fingerprint density at radius 1 is 0.214 bits per heavy atom. The van der Waals surface area contributed by atoms with Crippen LogP contribution in [0.2, 0.25) is 0 Å². The zero-order chi connectivity index (χ0) is 36.7. The van der Waals surface area contributed by atoms with Crippen LogP contribution in [0.3, 0.4) is 0 Å². The highest BCUT2D eigenvalue weighted by molar-refractivity contribution is 7.26. The summed E-state index contributed by atoms with van der Waals surface area (Å²) in [5.74, 6) is 0. The molecule has 0 spiro atoms. The number of thiophene rings is 2. The first kappa shape index (κ1) is 31.7. The van der Waals surface area contributed by atoms with E-state index >= 15 is 0 Å². The van der Waals surface area contributed by atoms with Gasteiger partial charge >= 0.3 is 0 Å². The van der Waals surface area contributed by atoms with E-state index < -0.39 is 0 Å². The summed E-state index contributed by atoms with van der Waals surface area (Å²) in [7, 11) is 0. The van der Waals surface area contributed by atoms with Gasteiger partial charge < -0.3 is 0 Å². The molecule has 0 nitrogen and oxygen atoms in total. The van der Waals surface area contributed by atoms with Gasteiger partial charge in [-0.25, -0.2) is 0 Å². The van der Waals surface area contributed by atoms with Crippen LogP contribution in [0.1, 0.15) is 0 Å². The quantitative estimate of drug-likeness (QED) is 0.169. The fraction of sp³-hybridized carbons (Fsp3) is 0. The van der Waals surface area contributed by atoms with Crippen LogP contribution in [0, 0.1) is 0 Å². The molecular weight excluding hydrogens is 713 g/mol. The molecule has 0 saturated carbocycles. The van der Waals surface area contributed by atoms with Gasteiger partial charge in [0.1, 0.15) is 0 Å². The predicted octanol–water partition coefficient (Wildman–Crippen LogP) is 16.4. The molecule has 0 radical (unpaired) electrons. The summed E-state index contributed by atoms with van der Waals surface area (Å²) in [6, 6.07) is 72.5. The van der Waals surface area contributed by atoms with E-state index in [0.29, 0.717) is 0 Å². The number of rotatable bonds is 3. The fourth-order valence-electron chi connectivity index (χ4n) is 9.04. The standard InChI is InChI=1S/C54H32S2/c1-2-13-40-39(12-1)41-14-3-4-16-43(41)45-26-24-33(31-49(45)44-17-6-5-15-42(40)44)35-28-36(34-25-27-53-50(32-34)47-19-8-9-22-51(47)55-53)30-37(29-35)38-20-11-21-48-46-18-7-10-23-52(46)56-54(38)48/h1-32H. The van der Waals surface area contributed by atoms with Crippen molar-refractivity contribution in [1.82, 2.24) is 0 Å². The summed E-state index contributed by atoms with van der Waals surface area (Å²) in [6.07, 6.45) is 0. The Kier molecular flexibility index (Phi) is 7.07. The summed E-state index contributed by atoms with van der Waals surface area (Å²) in [5, 5.41) is 5.28. The van der Waals surface area contributed by atoms with Crippen molar-refractivity contribution in [3.05, 3.63) is 194 Å². The lowest BCUT2D eigenvalue weighted by Gasteiger charge is -2.23. The van der Waals surface area contributed by atoms with Gasteiger partial charge in [0.2, 0.25) is 0 Å². The van der Waals surface area contributed by atoms with Crippen molar-refractivity contribution in [1.29, 1.82) is 0 Å². The second-order valence-electron chi connectivity index (χ2n) is 14.8. The van der Waals surface area contributed by atoms with Crippen molar-refractivity contribution in [2.75, 3.05) is 0 Å². The minimum absolute atomic E-state index is 1.21. The molecule has 2 heteroatoms. The van der Waals surface area contributed by atoms with E-state index in [2.05, 4.69) is 194 Å². The van der Waals surface area contributed by atoms with Crippen LogP contribution in [0.15, 0.2) is 194 Å². The molecule has 2 aromatic heterocycles. The predicted molar refractivity (Wildman–Crippen MR) is 244 cm³/mol. The second-order valence-corrected chi connectivity index (χ2v) is 16.9. The van der Waals surface area contributed by atoms with Gasteiger partial charge in [-0.3, -0.25) is 0 Å². The molecule has 260 valence electrons. The Hall–Kier alpha value is -6.58. The molecule has 0 unspecified atom stereocenters. The smallest absolute Gasteiger partial charge is 0.0433 e. The van der Waals surface area contributed by atoms with Crippen LogP contribution in [-0.2, 0) is 0 Å². The lowest BCUT2D eigenvalue weighted by Crippen LogP contribution is -1.97. The molecule has 0 fully saturated rings. The van der Waals surface area contributed by atoms with Gasteiger partial charge in [0.25, 0.3) is 0 Å². The Morgan fingerprint density at radius 2 is 0.643 bits per heavy atom. The number of benzene rings is 9. The molecule has 56 heavy (non-hydrogen) atoms.